The van der Waals surface area contributed by atoms with Crippen molar-refractivity contribution in [3.05, 3.63) is 54.3 Å². The molecular formula is C13H12FN4. The van der Waals surface area contributed by atoms with Crippen molar-refractivity contribution >= 4 is 23.0 Å². The van der Waals surface area contributed by atoms with Gasteiger partial charge in [-0.25, -0.2) is 4.39 Å². The summed E-state index contributed by atoms with van der Waals surface area (Å²) in [5.41, 5.74) is 7.39. The van der Waals surface area contributed by atoms with Gasteiger partial charge in [0.1, 0.15) is 5.82 Å². The van der Waals surface area contributed by atoms with Gasteiger partial charge in [-0.15, -0.1) is 0 Å². The van der Waals surface area contributed by atoms with Crippen LogP contribution in [0.4, 0.5) is 21.5 Å². The van der Waals surface area contributed by atoms with Crippen LogP contribution in [0, 0.1) is 17.3 Å². The minimum absolute atomic E-state index is 0.131. The molecule has 2 rings (SSSR count). The molecule has 91 valence electrons. The van der Waals surface area contributed by atoms with Crippen molar-refractivity contribution in [2.75, 3.05) is 10.6 Å². The van der Waals surface area contributed by atoms with Crippen LogP contribution in [0.3, 0.4) is 0 Å². The maximum atomic E-state index is 12.7. The fourth-order valence-corrected chi connectivity index (χ4v) is 1.46. The molecule has 0 heterocycles. The van der Waals surface area contributed by atoms with E-state index >= 15 is 0 Å². The molecule has 0 aliphatic heterocycles. The largest absolute Gasteiger partial charge is 0.370 e. The van der Waals surface area contributed by atoms with Gasteiger partial charge in [0.2, 0.25) is 0 Å². The first-order chi connectivity index (χ1) is 8.63. The number of hydrogen-bond donors (Lipinski definition) is 4. The predicted molar refractivity (Wildman–Crippen MR) is 70.5 cm³/mol. The zero-order chi connectivity index (χ0) is 13.0. The number of guanidine groups is 1. The van der Waals surface area contributed by atoms with Gasteiger partial charge in [0, 0.05) is 23.1 Å². The Morgan fingerprint density at radius 3 is 2.56 bits per heavy atom. The molecule has 0 bridgehead atoms. The van der Waals surface area contributed by atoms with Gasteiger partial charge in [0.15, 0.2) is 5.96 Å². The molecule has 0 saturated carbocycles. The van der Waals surface area contributed by atoms with Crippen LogP contribution in [0.1, 0.15) is 0 Å². The van der Waals surface area contributed by atoms with E-state index in [0.717, 1.165) is 5.69 Å². The van der Waals surface area contributed by atoms with Crippen LogP contribution in [0.25, 0.3) is 0 Å². The van der Waals surface area contributed by atoms with Gasteiger partial charge in [-0.05, 0) is 36.4 Å². The van der Waals surface area contributed by atoms with Crippen molar-refractivity contribution in [2.45, 2.75) is 0 Å². The van der Waals surface area contributed by atoms with Gasteiger partial charge in [0.05, 0.1) is 0 Å². The third-order valence-corrected chi connectivity index (χ3v) is 2.20. The minimum atomic E-state index is -0.281. The molecule has 4 nitrogen and oxygen atoms in total. The van der Waals surface area contributed by atoms with Gasteiger partial charge in [-0.1, -0.05) is 6.07 Å². The van der Waals surface area contributed by atoms with E-state index in [9.17, 15) is 4.39 Å². The van der Waals surface area contributed by atoms with Crippen LogP contribution in [0.5, 0.6) is 0 Å². The van der Waals surface area contributed by atoms with E-state index in [4.69, 9.17) is 11.1 Å². The molecule has 2 aromatic rings. The molecule has 0 aliphatic carbocycles. The smallest absolute Gasteiger partial charge is 0.190 e. The molecule has 18 heavy (non-hydrogen) atoms. The van der Waals surface area contributed by atoms with Gasteiger partial charge in [0.25, 0.3) is 0 Å². The molecule has 5 N–H and O–H groups in total. The highest BCUT2D eigenvalue weighted by Gasteiger charge is 1.98. The summed E-state index contributed by atoms with van der Waals surface area (Å²) in [4.78, 5) is 0. The number of halogens is 1. The molecule has 5 heteroatoms. The molecule has 0 fully saturated rings. The molecule has 2 aromatic carbocycles. The van der Waals surface area contributed by atoms with E-state index in [1.165, 1.54) is 12.1 Å². The summed E-state index contributed by atoms with van der Waals surface area (Å²) in [6.45, 7) is 0. The third-order valence-electron chi connectivity index (χ3n) is 2.20. The van der Waals surface area contributed by atoms with E-state index in [0.29, 0.717) is 11.4 Å². The second kappa shape index (κ2) is 5.18. The Hall–Kier alpha value is -2.56. The Bertz CT molecular complexity index is 551. The lowest BCUT2D eigenvalue weighted by Gasteiger charge is -2.08. The lowest BCUT2D eigenvalue weighted by Crippen LogP contribution is -2.20. The number of nitrogens with two attached hydrogens (primary N) is 1. The van der Waals surface area contributed by atoms with Crippen LogP contribution in [0.2, 0.25) is 0 Å². The summed E-state index contributed by atoms with van der Waals surface area (Å²) < 4.78 is 12.7. The zero-order valence-electron chi connectivity index (χ0n) is 9.50. The number of nitrogens with one attached hydrogen (secondary N) is 3. The quantitative estimate of drug-likeness (QED) is 0.494. The fourth-order valence-electron chi connectivity index (χ4n) is 1.46. The summed E-state index contributed by atoms with van der Waals surface area (Å²) in [6.07, 6.45) is 0. The maximum Gasteiger partial charge on any atom is 0.190 e. The van der Waals surface area contributed by atoms with Crippen molar-refractivity contribution in [1.29, 1.82) is 5.41 Å². The molecule has 0 saturated heterocycles. The Labute approximate surface area is 104 Å². The molecule has 0 spiro atoms. The van der Waals surface area contributed by atoms with Crippen molar-refractivity contribution < 1.29 is 4.39 Å². The summed E-state index contributed by atoms with van der Waals surface area (Å²) in [5.74, 6) is -0.412. The minimum Gasteiger partial charge on any atom is -0.370 e. The SMILES string of the molecule is N=C(N)Nc1cc[c]c(Nc2ccc(F)cc2)c1. The zero-order valence-corrected chi connectivity index (χ0v) is 9.50. The van der Waals surface area contributed by atoms with Gasteiger partial charge >= 0.3 is 0 Å². The summed E-state index contributed by atoms with van der Waals surface area (Å²) in [7, 11) is 0. The van der Waals surface area contributed by atoms with E-state index in [1.807, 2.05) is 0 Å². The first kappa shape index (κ1) is 11.9. The maximum absolute atomic E-state index is 12.7. The van der Waals surface area contributed by atoms with Crippen molar-refractivity contribution in [3.63, 3.8) is 0 Å². The summed E-state index contributed by atoms with van der Waals surface area (Å²) in [6, 6.07) is 14.2. The topological polar surface area (TPSA) is 73.9 Å². The predicted octanol–water partition coefficient (Wildman–Crippen LogP) is 2.67. The molecule has 0 amide bonds. The number of benzene rings is 2. The highest BCUT2D eigenvalue weighted by Crippen LogP contribution is 2.19. The lowest BCUT2D eigenvalue weighted by atomic mass is 10.2. The third kappa shape index (κ3) is 3.21. The number of hydrogen-bond acceptors (Lipinski definition) is 2. The monoisotopic (exact) mass is 243 g/mol. The second-order valence-corrected chi connectivity index (χ2v) is 3.66. The molecule has 0 unspecified atom stereocenters. The standard InChI is InChI=1S/C13H12FN4/c14-9-4-6-10(7-5-9)17-11-2-1-3-12(8-11)18-13(15)16/h1,3-8,17H,(H4,15,16,18). The average molecular weight is 243 g/mol. The van der Waals surface area contributed by atoms with Crippen LogP contribution in [-0.2, 0) is 0 Å². The second-order valence-electron chi connectivity index (χ2n) is 3.66. The van der Waals surface area contributed by atoms with Crippen LogP contribution in [-0.4, -0.2) is 5.96 Å². The van der Waals surface area contributed by atoms with Crippen LogP contribution >= 0.6 is 0 Å². The molecule has 0 aromatic heterocycles. The lowest BCUT2D eigenvalue weighted by molar-refractivity contribution is 0.628. The molecular weight excluding hydrogens is 231 g/mol. The van der Waals surface area contributed by atoms with Gasteiger partial charge in [-0.2, -0.15) is 0 Å². The van der Waals surface area contributed by atoms with Gasteiger partial charge in [-0.3, -0.25) is 5.41 Å². The molecule has 0 atom stereocenters. The van der Waals surface area contributed by atoms with Gasteiger partial charge < -0.3 is 16.4 Å². The van der Waals surface area contributed by atoms with E-state index < -0.39 is 0 Å². The first-order valence-corrected chi connectivity index (χ1v) is 5.29. The Morgan fingerprint density at radius 2 is 1.89 bits per heavy atom. The fraction of sp³-hybridized carbons (Fsp3) is 0. The average Bonchev–Trinajstić information content (AvgIpc) is 2.32. The Kier molecular flexibility index (Phi) is 3.43. The van der Waals surface area contributed by atoms with Crippen LogP contribution < -0.4 is 16.4 Å². The van der Waals surface area contributed by atoms with E-state index in [-0.39, 0.29) is 11.8 Å². The number of anilines is 3. The highest BCUT2D eigenvalue weighted by molar-refractivity contribution is 5.90. The van der Waals surface area contributed by atoms with Crippen molar-refractivity contribution in [3.8, 4) is 0 Å². The Balaban J connectivity index is 2.13. The molecule has 1 radical (unpaired) electrons. The van der Waals surface area contributed by atoms with E-state index in [2.05, 4.69) is 16.7 Å². The van der Waals surface area contributed by atoms with Crippen molar-refractivity contribution in [2.24, 2.45) is 5.73 Å². The summed E-state index contributed by atoms with van der Waals surface area (Å²) >= 11 is 0. The molecule has 0 aliphatic rings. The van der Waals surface area contributed by atoms with Crippen molar-refractivity contribution in [1.82, 2.24) is 0 Å². The highest BCUT2D eigenvalue weighted by atomic mass is 19.1. The number of rotatable bonds is 3. The van der Waals surface area contributed by atoms with E-state index in [1.54, 1.807) is 30.3 Å². The summed E-state index contributed by atoms with van der Waals surface area (Å²) in [5, 5.41) is 12.9. The Morgan fingerprint density at radius 1 is 1.17 bits per heavy atom. The van der Waals surface area contributed by atoms with Crippen LogP contribution in [0.15, 0.2) is 42.5 Å². The first-order valence-electron chi connectivity index (χ1n) is 5.29. The normalized spacial score (nSPS) is 9.83.